The van der Waals surface area contributed by atoms with Crippen molar-refractivity contribution in [1.82, 2.24) is 9.97 Å². The molecule has 0 saturated heterocycles. The molecule has 3 rings (SSSR count). The highest BCUT2D eigenvalue weighted by atomic mass is 19.3. The number of aromatic nitrogens is 2. The van der Waals surface area contributed by atoms with Crippen molar-refractivity contribution in [2.24, 2.45) is 11.7 Å². The lowest BCUT2D eigenvalue weighted by molar-refractivity contribution is -0.169. The van der Waals surface area contributed by atoms with Gasteiger partial charge in [-0.1, -0.05) is 6.42 Å². The number of halogens is 2. The molecule has 156 valence electrons. The van der Waals surface area contributed by atoms with Gasteiger partial charge in [0, 0.05) is 30.8 Å². The largest absolute Gasteiger partial charge is 0.396 e. The van der Waals surface area contributed by atoms with Crippen LogP contribution in [0.5, 0.6) is 0 Å². The molecule has 1 amide bonds. The Balaban J connectivity index is 1.65. The van der Waals surface area contributed by atoms with Gasteiger partial charge in [0.1, 0.15) is 5.82 Å². The van der Waals surface area contributed by atoms with Crippen molar-refractivity contribution in [3.8, 4) is 0 Å². The highest BCUT2D eigenvalue weighted by Gasteiger charge is 2.29. The number of anilines is 2. The van der Waals surface area contributed by atoms with Gasteiger partial charge in [0.2, 0.25) is 5.95 Å². The Morgan fingerprint density at radius 1 is 1.25 bits per heavy atom. The summed E-state index contributed by atoms with van der Waals surface area (Å²) in [6.45, 7) is -2.67. The quantitative estimate of drug-likeness (QED) is 0.528. The molecule has 2 aliphatic rings. The molecule has 2 aliphatic carbocycles. The van der Waals surface area contributed by atoms with Crippen molar-refractivity contribution in [3.05, 3.63) is 11.8 Å². The normalized spacial score (nSPS) is 27.7. The van der Waals surface area contributed by atoms with Gasteiger partial charge in [0.15, 0.2) is 0 Å². The molecule has 2 atom stereocenters. The predicted molar refractivity (Wildman–Crippen MR) is 99.1 cm³/mol. The number of primary amides is 1. The van der Waals surface area contributed by atoms with Gasteiger partial charge in [-0.2, -0.15) is 13.8 Å². The van der Waals surface area contributed by atoms with E-state index >= 15 is 0 Å². The van der Waals surface area contributed by atoms with Gasteiger partial charge in [-0.15, -0.1) is 0 Å². The number of hydrogen-bond donors (Lipinski definition) is 4. The molecule has 0 radical (unpaired) electrons. The standard InChI is InChI=1S/C18H27F2N5O3/c19-17(20)28-12-6-4-11(5-7-12)23-18-22-8-13(15(21)27)16(25-18)24-14-3-1-2-10(14)9-26/h8,10-12,14,17,26H,1-7,9H2,(H2,21,27)(H2,22,23,24,25)/t10-,11?,12?,14+/m0/s1. The molecule has 1 aromatic rings. The third kappa shape index (κ3) is 5.26. The molecule has 2 fully saturated rings. The Labute approximate surface area is 162 Å². The van der Waals surface area contributed by atoms with E-state index in [1.54, 1.807) is 0 Å². The average molecular weight is 399 g/mol. The molecule has 10 heteroatoms. The first kappa shape index (κ1) is 20.7. The van der Waals surface area contributed by atoms with Crippen LogP contribution in [0.4, 0.5) is 20.5 Å². The van der Waals surface area contributed by atoms with Gasteiger partial charge < -0.3 is 26.2 Å². The van der Waals surface area contributed by atoms with E-state index < -0.39 is 18.6 Å². The number of carbonyl (C=O) groups excluding carboxylic acids is 1. The highest BCUT2D eigenvalue weighted by molar-refractivity contribution is 5.97. The second-order valence-electron chi connectivity index (χ2n) is 7.46. The molecule has 0 aliphatic heterocycles. The summed E-state index contributed by atoms with van der Waals surface area (Å²) >= 11 is 0. The Bertz CT molecular complexity index is 671. The van der Waals surface area contributed by atoms with E-state index in [2.05, 4.69) is 25.3 Å². The Morgan fingerprint density at radius 3 is 2.64 bits per heavy atom. The molecular weight excluding hydrogens is 372 g/mol. The summed E-state index contributed by atoms with van der Waals surface area (Å²) in [4.78, 5) is 20.3. The first-order valence-corrected chi connectivity index (χ1v) is 9.70. The smallest absolute Gasteiger partial charge is 0.345 e. The summed E-state index contributed by atoms with van der Waals surface area (Å²) in [7, 11) is 0. The second-order valence-corrected chi connectivity index (χ2v) is 7.46. The lowest BCUT2D eigenvalue weighted by Crippen LogP contribution is -2.32. The van der Waals surface area contributed by atoms with Crippen LogP contribution in [0.1, 0.15) is 55.3 Å². The van der Waals surface area contributed by atoms with Crippen molar-refractivity contribution in [3.63, 3.8) is 0 Å². The number of ether oxygens (including phenoxy) is 1. The fourth-order valence-corrected chi connectivity index (χ4v) is 4.03. The maximum absolute atomic E-state index is 12.3. The molecule has 5 N–H and O–H groups in total. The number of nitrogens with two attached hydrogens (primary N) is 1. The molecule has 0 spiro atoms. The van der Waals surface area contributed by atoms with E-state index in [0.29, 0.717) is 37.4 Å². The molecule has 28 heavy (non-hydrogen) atoms. The fourth-order valence-electron chi connectivity index (χ4n) is 4.03. The average Bonchev–Trinajstić information content (AvgIpc) is 3.10. The zero-order valence-electron chi connectivity index (χ0n) is 15.6. The zero-order chi connectivity index (χ0) is 20.1. The third-order valence-electron chi connectivity index (χ3n) is 5.57. The van der Waals surface area contributed by atoms with Crippen LogP contribution in [0.15, 0.2) is 6.20 Å². The van der Waals surface area contributed by atoms with Gasteiger partial charge in [0.05, 0.1) is 11.7 Å². The van der Waals surface area contributed by atoms with E-state index in [0.717, 1.165) is 19.3 Å². The van der Waals surface area contributed by atoms with Crippen molar-refractivity contribution in [1.29, 1.82) is 0 Å². The van der Waals surface area contributed by atoms with Crippen molar-refractivity contribution < 1.29 is 23.4 Å². The first-order chi connectivity index (χ1) is 13.5. The maximum Gasteiger partial charge on any atom is 0.345 e. The van der Waals surface area contributed by atoms with E-state index in [4.69, 9.17) is 5.73 Å². The Hall–Kier alpha value is -2.07. The van der Waals surface area contributed by atoms with Crippen molar-refractivity contribution in [2.45, 2.75) is 69.7 Å². The topological polar surface area (TPSA) is 122 Å². The molecule has 2 saturated carbocycles. The molecule has 0 bridgehead atoms. The zero-order valence-corrected chi connectivity index (χ0v) is 15.6. The molecule has 1 heterocycles. The van der Waals surface area contributed by atoms with Crippen molar-refractivity contribution in [2.75, 3.05) is 17.2 Å². The minimum atomic E-state index is -2.74. The van der Waals surface area contributed by atoms with E-state index in [1.807, 2.05) is 0 Å². The van der Waals surface area contributed by atoms with Crippen LogP contribution in [0.3, 0.4) is 0 Å². The minimum Gasteiger partial charge on any atom is -0.396 e. The number of amides is 1. The molecule has 0 aromatic carbocycles. The van der Waals surface area contributed by atoms with E-state index in [1.165, 1.54) is 6.20 Å². The number of hydrogen-bond acceptors (Lipinski definition) is 7. The summed E-state index contributed by atoms with van der Waals surface area (Å²) in [6, 6.07) is 0.0641. The third-order valence-corrected chi connectivity index (χ3v) is 5.57. The number of aliphatic hydroxyl groups excluding tert-OH is 1. The number of alkyl halides is 2. The maximum atomic E-state index is 12.3. The molecule has 8 nitrogen and oxygen atoms in total. The number of carbonyl (C=O) groups is 1. The monoisotopic (exact) mass is 399 g/mol. The van der Waals surface area contributed by atoms with Crippen LogP contribution in [0.2, 0.25) is 0 Å². The lowest BCUT2D eigenvalue weighted by atomic mass is 9.93. The van der Waals surface area contributed by atoms with Crippen molar-refractivity contribution >= 4 is 17.7 Å². The lowest BCUT2D eigenvalue weighted by Gasteiger charge is -2.29. The summed E-state index contributed by atoms with van der Waals surface area (Å²) in [6.07, 6.45) is 6.14. The van der Waals surface area contributed by atoms with E-state index in [9.17, 15) is 18.7 Å². The minimum absolute atomic E-state index is 0.0211. The Morgan fingerprint density at radius 2 is 2.00 bits per heavy atom. The first-order valence-electron chi connectivity index (χ1n) is 9.70. The summed E-state index contributed by atoms with van der Waals surface area (Å²) in [5.41, 5.74) is 5.64. The SMILES string of the molecule is NC(=O)c1cnc(NC2CCC(OC(F)F)CC2)nc1N[C@@H]1CCC[C@H]1CO. The van der Waals surface area contributed by atoms with Crippen LogP contribution in [0.25, 0.3) is 0 Å². The Kier molecular flexibility index (Phi) is 6.95. The van der Waals surface area contributed by atoms with Gasteiger partial charge in [-0.25, -0.2) is 4.98 Å². The van der Waals surface area contributed by atoms with Crippen LogP contribution >= 0.6 is 0 Å². The predicted octanol–water partition coefficient (Wildman–Crippen LogP) is 2.11. The number of aliphatic hydroxyl groups is 1. The van der Waals surface area contributed by atoms with Crippen LogP contribution in [-0.4, -0.2) is 52.4 Å². The number of rotatable bonds is 8. The van der Waals surface area contributed by atoms with Gasteiger partial charge in [-0.05, 0) is 38.5 Å². The number of nitrogens with one attached hydrogen (secondary N) is 2. The van der Waals surface area contributed by atoms with Gasteiger partial charge >= 0.3 is 6.61 Å². The molecule has 0 unspecified atom stereocenters. The summed E-state index contributed by atoms with van der Waals surface area (Å²) < 4.78 is 29.2. The van der Waals surface area contributed by atoms with Crippen LogP contribution < -0.4 is 16.4 Å². The van der Waals surface area contributed by atoms with E-state index in [-0.39, 0.29) is 30.2 Å². The van der Waals surface area contributed by atoms with Crippen LogP contribution in [-0.2, 0) is 4.74 Å². The second kappa shape index (κ2) is 9.42. The fraction of sp³-hybridized carbons (Fsp3) is 0.722. The number of nitrogens with zero attached hydrogens (tertiary/aromatic N) is 2. The van der Waals surface area contributed by atoms with Gasteiger partial charge in [0.25, 0.3) is 5.91 Å². The van der Waals surface area contributed by atoms with Crippen LogP contribution in [0, 0.1) is 5.92 Å². The summed E-state index contributed by atoms with van der Waals surface area (Å²) in [5.74, 6) is 0.184. The highest BCUT2D eigenvalue weighted by Crippen LogP contribution is 2.29. The summed E-state index contributed by atoms with van der Waals surface area (Å²) in [5, 5.41) is 16.0. The molecule has 1 aromatic heterocycles. The van der Waals surface area contributed by atoms with Gasteiger partial charge in [-0.3, -0.25) is 4.79 Å². The molecular formula is C18H27F2N5O3.